The highest BCUT2D eigenvalue weighted by molar-refractivity contribution is 7.92. The first-order valence-corrected chi connectivity index (χ1v) is 15.8. The fraction of sp³-hybridized carbons (Fsp3) is 0.257. The van der Waals surface area contributed by atoms with Crippen molar-refractivity contribution in [1.29, 1.82) is 0 Å². The summed E-state index contributed by atoms with van der Waals surface area (Å²) in [5.74, 6) is -0.581. The molecule has 0 spiro atoms. The van der Waals surface area contributed by atoms with Crippen molar-refractivity contribution in [2.24, 2.45) is 0 Å². The van der Waals surface area contributed by atoms with Crippen LogP contribution in [0.1, 0.15) is 27.8 Å². The van der Waals surface area contributed by atoms with Crippen molar-refractivity contribution in [3.05, 3.63) is 125 Å². The van der Waals surface area contributed by atoms with E-state index < -0.39 is 28.5 Å². The number of likely N-dealkylation sites (N-methyl/N-ethyl adjacent to an activating group) is 1. The van der Waals surface area contributed by atoms with E-state index in [9.17, 15) is 18.0 Å². The number of rotatable bonds is 12. The topological polar surface area (TPSA) is 96.0 Å². The normalized spacial score (nSPS) is 11.8. The highest BCUT2D eigenvalue weighted by Crippen LogP contribution is 2.34. The van der Waals surface area contributed by atoms with Crippen molar-refractivity contribution >= 4 is 27.5 Å². The van der Waals surface area contributed by atoms with Crippen LogP contribution >= 0.6 is 0 Å². The molecule has 0 heterocycles. The second kappa shape index (κ2) is 14.2. The molecule has 230 valence electrons. The largest absolute Gasteiger partial charge is 0.495 e. The van der Waals surface area contributed by atoms with Crippen LogP contribution in [0, 0.1) is 20.8 Å². The van der Waals surface area contributed by atoms with Gasteiger partial charge in [-0.3, -0.25) is 13.9 Å². The Morgan fingerprint density at radius 2 is 1.43 bits per heavy atom. The van der Waals surface area contributed by atoms with E-state index in [2.05, 4.69) is 5.32 Å². The lowest BCUT2D eigenvalue weighted by atomic mass is 10.0. The van der Waals surface area contributed by atoms with Gasteiger partial charge < -0.3 is 15.0 Å². The van der Waals surface area contributed by atoms with E-state index in [0.717, 1.165) is 32.1 Å². The van der Waals surface area contributed by atoms with Crippen molar-refractivity contribution in [3.63, 3.8) is 0 Å². The van der Waals surface area contributed by atoms with Gasteiger partial charge in [-0.05, 0) is 61.7 Å². The monoisotopic (exact) mass is 613 g/mol. The number of amides is 2. The molecule has 0 aliphatic rings. The van der Waals surface area contributed by atoms with E-state index in [4.69, 9.17) is 4.74 Å². The maximum atomic E-state index is 14.5. The van der Waals surface area contributed by atoms with Crippen LogP contribution in [0.5, 0.6) is 5.75 Å². The van der Waals surface area contributed by atoms with Gasteiger partial charge in [0, 0.05) is 20.0 Å². The molecule has 0 saturated carbocycles. The lowest BCUT2D eigenvalue weighted by Crippen LogP contribution is -2.53. The first-order valence-electron chi connectivity index (χ1n) is 14.4. The molecule has 0 aliphatic heterocycles. The van der Waals surface area contributed by atoms with E-state index >= 15 is 0 Å². The summed E-state index contributed by atoms with van der Waals surface area (Å²) in [6.07, 6.45) is 0.247. The zero-order valence-corrected chi connectivity index (χ0v) is 26.6. The molecule has 1 atom stereocenters. The molecule has 0 aromatic heterocycles. The molecule has 2 amide bonds. The van der Waals surface area contributed by atoms with Crippen LogP contribution in [0.4, 0.5) is 5.69 Å². The number of carbonyl (C=O) groups is 2. The maximum Gasteiger partial charge on any atom is 0.264 e. The van der Waals surface area contributed by atoms with Crippen molar-refractivity contribution in [2.75, 3.05) is 25.0 Å². The molecule has 0 saturated heterocycles. The first kappa shape index (κ1) is 32.3. The zero-order valence-electron chi connectivity index (χ0n) is 25.8. The van der Waals surface area contributed by atoms with Crippen LogP contribution < -0.4 is 14.4 Å². The summed E-state index contributed by atoms with van der Waals surface area (Å²) in [6.45, 7) is 5.22. The molecule has 44 heavy (non-hydrogen) atoms. The standard InChI is InChI=1S/C35H39N3O5S/c1-25-14-17-30(18-15-25)44(41,42)38(31-21-27(3)16-19-33(31)43-5)24-34(39)37(23-29-13-9-10-26(2)20-29)32(35(40)36-4)22-28-11-7-6-8-12-28/h6-21,32H,22-24H2,1-5H3,(H,36,40)/t32-/m0/s1. The van der Waals surface area contributed by atoms with Crippen molar-refractivity contribution in [3.8, 4) is 5.75 Å². The molecular weight excluding hydrogens is 574 g/mol. The third-order valence-corrected chi connectivity index (χ3v) is 9.22. The maximum absolute atomic E-state index is 14.5. The predicted octanol–water partition coefficient (Wildman–Crippen LogP) is 5.20. The molecule has 8 nitrogen and oxygen atoms in total. The summed E-state index contributed by atoms with van der Waals surface area (Å²) in [5.41, 5.74) is 4.62. The summed E-state index contributed by atoms with van der Waals surface area (Å²) in [7, 11) is -1.25. The molecule has 0 unspecified atom stereocenters. The Labute approximate surface area is 260 Å². The van der Waals surface area contributed by atoms with Crippen molar-refractivity contribution in [1.82, 2.24) is 10.2 Å². The SMILES string of the molecule is CNC(=O)[C@H](Cc1ccccc1)N(Cc1cccc(C)c1)C(=O)CN(c1cc(C)ccc1OC)S(=O)(=O)c1ccc(C)cc1. The van der Waals surface area contributed by atoms with Gasteiger partial charge in [-0.2, -0.15) is 0 Å². The molecule has 9 heteroatoms. The first-order chi connectivity index (χ1) is 21.0. The Balaban J connectivity index is 1.84. The van der Waals surface area contributed by atoms with Crippen LogP contribution in [0.25, 0.3) is 0 Å². The number of aryl methyl sites for hydroxylation is 3. The Morgan fingerprint density at radius 1 is 0.795 bits per heavy atom. The number of carbonyl (C=O) groups excluding carboxylic acids is 2. The Morgan fingerprint density at radius 3 is 2.07 bits per heavy atom. The number of methoxy groups -OCH3 is 1. The molecule has 4 rings (SSSR count). The van der Waals surface area contributed by atoms with Crippen molar-refractivity contribution in [2.45, 2.75) is 44.7 Å². The molecular formula is C35H39N3O5S. The van der Waals surface area contributed by atoms with E-state index in [0.29, 0.717) is 5.75 Å². The van der Waals surface area contributed by atoms with Gasteiger partial charge in [-0.25, -0.2) is 8.42 Å². The summed E-state index contributed by atoms with van der Waals surface area (Å²) in [4.78, 5) is 29.4. The number of hydrogen-bond acceptors (Lipinski definition) is 5. The van der Waals surface area contributed by atoms with Gasteiger partial charge in [-0.1, -0.05) is 83.9 Å². The molecule has 0 aliphatic carbocycles. The minimum Gasteiger partial charge on any atom is -0.495 e. The average molecular weight is 614 g/mol. The zero-order chi connectivity index (χ0) is 31.9. The second-order valence-corrected chi connectivity index (χ2v) is 12.7. The van der Waals surface area contributed by atoms with Gasteiger partial charge in [0.2, 0.25) is 11.8 Å². The minimum absolute atomic E-state index is 0.0387. The van der Waals surface area contributed by atoms with Crippen LogP contribution in [0.2, 0.25) is 0 Å². The lowest BCUT2D eigenvalue weighted by Gasteiger charge is -2.34. The minimum atomic E-state index is -4.23. The molecule has 0 radical (unpaired) electrons. The number of nitrogens with one attached hydrogen (secondary N) is 1. The average Bonchev–Trinajstić information content (AvgIpc) is 3.01. The number of hydrogen-bond donors (Lipinski definition) is 1. The number of benzene rings is 4. The predicted molar refractivity (Wildman–Crippen MR) is 173 cm³/mol. The smallest absolute Gasteiger partial charge is 0.264 e. The number of sulfonamides is 1. The highest BCUT2D eigenvalue weighted by Gasteiger charge is 2.35. The van der Waals surface area contributed by atoms with Gasteiger partial charge in [0.05, 0.1) is 17.7 Å². The molecule has 4 aromatic carbocycles. The van der Waals surface area contributed by atoms with Gasteiger partial charge >= 0.3 is 0 Å². The lowest BCUT2D eigenvalue weighted by molar-refractivity contribution is -0.139. The fourth-order valence-electron chi connectivity index (χ4n) is 5.07. The van der Waals surface area contributed by atoms with E-state index in [-0.39, 0.29) is 29.5 Å². The van der Waals surface area contributed by atoms with Crippen LogP contribution in [0.15, 0.2) is 102 Å². The quantitative estimate of drug-likeness (QED) is 0.237. The third kappa shape index (κ3) is 7.65. The third-order valence-electron chi connectivity index (χ3n) is 7.44. The summed E-state index contributed by atoms with van der Waals surface area (Å²) in [6, 6.07) is 27.9. The van der Waals surface area contributed by atoms with E-state index in [1.807, 2.05) is 81.4 Å². The van der Waals surface area contributed by atoms with Gasteiger partial charge in [-0.15, -0.1) is 0 Å². The van der Waals surface area contributed by atoms with Crippen LogP contribution in [-0.4, -0.2) is 51.9 Å². The van der Waals surface area contributed by atoms with Gasteiger partial charge in [0.25, 0.3) is 10.0 Å². The molecule has 0 fully saturated rings. The fourth-order valence-corrected chi connectivity index (χ4v) is 6.49. The van der Waals surface area contributed by atoms with Crippen LogP contribution in [-0.2, 0) is 32.6 Å². The number of ether oxygens (including phenoxy) is 1. The molecule has 1 N–H and O–H groups in total. The highest BCUT2D eigenvalue weighted by atomic mass is 32.2. The molecule has 0 bridgehead atoms. The Hall–Kier alpha value is -4.63. The summed E-state index contributed by atoms with van der Waals surface area (Å²) >= 11 is 0. The molecule has 4 aromatic rings. The Kier molecular flexibility index (Phi) is 10.4. The summed E-state index contributed by atoms with van der Waals surface area (Å²) < 4.78 is 35.2. The Bertz CT molecular complexity index is 1710. The van der Waals surface area contributed by atoms with Gasteiger partial charge in [0.15, 0.2) is 0 Å². The van der Waals surface area contributed by atoms with Crippen LogP contribution in [0.3, 0.4) is 0 Å². The van der Waals surface area contributed by atoms with E-state index in [1.165, 1.54) is 31.2 Å². The number of nitrogens with zero attached hydrogens (tertiary/aromatic N) is 2. The van der Waals surface area contributed by atoms with Gasteiger partial charge in [0.1, 0.15) is 18.3 Å². The number of anilines is 1. The second-order valence-electron chi connectivity index (χ2n) is 10.8. The van der Waals surface area contributed by atoms with Crippen molar-refractivity contribution < 1.29 is 22.7 Å². The summed E-state index contributed by atoms with van der Waals surface area (Å²) in [5, 5.41) is 2.71. The van der Waals surface area contributed by atoms with E-state index in [1.54, 1.807) is 24.3 Å².